The van der Waals surface area contributed by atoms with Crippen LogP contribution in [0.3, 0.4) is 0 Å². The third kappa shape index (κ3) is 5.13. The van der Waals surface area contributed by atoms with Crippen LogP contribution >= 0.6 is 0 Å². The number of nitrogens with zero attached hydrogens (tertiary/aromatic N) is 4. The molecule has 272 valence electrons. The number of benzene rings is 6. The van der Waals surface area contributed by atoms with Crippen molar-refractivity contribution >= 4 is 38.9 Å². The molecule has 5 nitrogen and oxygen atoms in total. The maximum atomic E-state index is 8.57. The van der Waals surface area contributed by atoms with Crippen LogP contribution in [0.15, 0.2) is 134 Å². The molecular formula is C49H37N4OPt-3. The molecule has 0 atom stereocenters. The Morgan fingerprint density at radius 1 is 0.673 bits per heavy atom. The zero-order chi connectivity index (χ0) is 38.8. The van der Waals surface area contributed by atoms with Crippen molar-refractivity contribution in [2.24, 2.45) is 0 Å². The first-order chi connectivity index (χ1) is 27.5. The fourth-order valence-corrected chi connectivity index (χ4v) is 8.94. The molecule has 0 N–H and O–H groups in total. The van der Waals surface area contributed by atoms with Gasteiger partial charge in [-0.05, 0) is 87.1 Å². The summed E-state index contributed by atoms with van der Waals surface area (Å²) >= 11 is 0. The number of ether oxygens (including phenoxy) is 1. The van der Waals surface area contributed by atoms with E-state index in [0.29, 0.717) is 22.9 Å². The summed E-state index contributed by atoms with van der Waals surface area (Å²) < 4.78 is 34.4. The predicted molar refractivity (Wildman–Crippen MR) is 218 cm³/mol. The van der Waals surface area contributed by atoms with Crippen molar-refractivity contribution in [2.45, 2.75) is 38.0 Å². The first-order valence-corrected chi connectivity index (χ1v) is 18.4. The standard InChI is InChI=1S/C49H37N4O.Pt/c1-49(2,3)30-22-23-50-46(24-30)53-42-19-10-9-14-34(42)35-21-20-33(26-43(35)53)54-32-13-11-12-31(25-32)52-29-51(4)44-27-40-41(28-45(44)52)48-38-17-7-5-15-36(38)47(40)37-16-6-8-18-39(37)48;/h5-24,27-29,47-48H,1-4H3;/q-3;/i4D3;. The van der Waals surface area contributed by atoms with Gasteiger partial charge in [-0.2, -0.15) is 18.8 Å². The van der Waals surface area contributed by atoms with Gasteiger partial charge in [0.05, 0.1) is 0 Å². The van der Waals surface area contributed by atoms with Crippen LogP contribution in [-0.2, 0) is 26.5 Å². The average Bonchev–Trinajstić information content (AvgIpc) is 3.75. The number of rotatable bonds is 4. The molecule has 12 rings (SSSR count). The van der Waals surface area contributed by atoms with E-state index in [2.05, 4.69) is 135 Å². The Bertz CT molecular complexity index is 2900. The van der Waals surface area contributed by atoms with Gasteiger partial charge < -0.3 is 19.1 Å². The second-order valence-electron chi connectivity index (χ2n) is 15.5. The van der Waals surface area contributed by atoms with Crippen molar-refractivity contribution in [3.05, 3.63) is 191 Å². The molecule has 6 aromatic carbocycles. The Morgan fingerprint density at radius 2 is 1.33 bits per heavy atom. The van der Waals surface area contributed by atoms with Crippen LogP contribution in [0.2, 0.25) is 0 Å². The van der Waals surface area contributed by atoms with Crippen LogP contribution in [-0.4, -0.2) is 16.5 Å². The topological polar surface area (TPSA) is 33.5 Å². The number of anilines is 3. The van der Waals surface area contributed by atoms with Crippen molar-refractivity contribution in [2.75, 3.05) is 16.8 Å². The molecule has 2 aromatic heterocycles. The van der Waals surface area contributed by atoms with Gasteiger partial charge in [-0.25, -0.2) is 4.98 Å². The van der Waals surface area contributed by atoms with E-state index in [1.165, 1.54) is 38.3 Å². The first-order valence-electron chi connectivity index (χ1n) is 19.9. The molecule has 3 heterocycles. The molecule has 8 aromatic rings. The molecule has 1 aliphatic heterocycles. The molecule has 4 aliphatic rings. The first kappa shape index (κ1) is 30.7. The van der Waals surface area contributed by atoms with Crippen LogP contribution in [0.25, 0.3) is 27.6 Å². The van der Waals surface area contributed by atoms with E-state index in [-0.39, 0.29) is 38.3 Å². The summed E-state index contributed by atoms with van der Waals surface area (Å²) in [6.45, 7) is 5.89. The number of para-hydroxylation sites is 1. The number of aromatic nitrogens is 2. The van der Waals surface area contributed by atoms with Crippen molar-refractivity contribution < 1.29 is 29.9 Å². The van der Waals surface area contributed by atoms with E-state index in [0.717, 1.165) is 38.9 Å². The molecule has 6 heteroatoms. The molecule has 55 heavy (non-hydrogen) atoms. The Balaban J connectivity index is 0.00000408. The van der Waals surface area contributed by atoms with Gasteiger partial charge in [-0.3, -0.25) is 0 Å². The Labute approximate surface area is 340 Å². The van der Waals surface area contributed by atoms with Crippen molar-refractivity contribution in [3.8, 4) is 17.3 Å². The minimum Gasteiger partial charge on any atom is -0.509 e. The van der Waals surface area contributed by atoms with Gasteiger partial charge in [-0.15, -0.1) is 41.4 Å². The molecule has 0 fully saturated rings. The van der Waals surface area contributed by atoms with Crippen LogP contribution in [0.4, 0.5) is 17.1 Å². The quantitative estimate of drug-likeness (QED) is 0.165. The summed E-state index contributed by atoms with van der Waals surface area (Å²) in [5.41, 5.74) is 12.7. The van der Waals surface area contributed by atoms with E-state index >= 15 is 0 Å². The Hall–Kier alpha value is -5.64. The normalized spacial score (nSPS) is 17.5. The van der Waals surface area contributed by atoms with Crippen molar-refractivity contribution in [1.82, 2.24) is 9.55 Å². The monoisotopic (exact) mass is 895 g/mol. The maximum Gasteiger partial charge on any atom is 0.135 e. The summed E-state index contributed by atoms with van der Waals surface area (Å²) in [5, 5.41) is 2.16. The second kappa shape index (κ2) is 12.4. The number of fused-ring (bicyclic) bond motifs is 4. The van der Waals surface area contributed by atoms with Crippen LogP contribution in [0.1, 0.15) is 75.7 Å². The Morgan fingerprint density at radius 3 is 2.02 bits per heavy atom. The number of hydrogen-bond acceptors (Lipinski definition) is 4. The Kier molecular flexibility index (Phi) is 6.94. The third-order valence-corrected chi connectivity index (χ3v) is 11.4. The molecule has 0 amide bonds. The third-order valence-electron chi connectivity index (χ3n) is 11.4. The summed E-state index contributed by atoms with van der Waals surface area (Å²) in [7, 11) is 0. The molecule has 0 unspecified atom stereocenters. The zero-order valence-electron chi connectivity index (χ0n) is 33.4. The minimum atomic E-state index is -2.40. The number of pyridine rings is 1. The SMILES string of the molecule is [2H]C([2H])([2H])N1[CH-]N(c2[c-]c(Oc3[c-]c4c(cc3)c3ccccc3n4-c3cc(C(C)(C)C)ccn3)ccc2)c2cc3c(cc21)C1c2ccccc2C3c2ccccc21.[Pt]. The van der Waals surface area contributed by atoms with Crippen LogP contribution in [0.5, 0.6) is 11.5 Å². The molecule has 0 spiro atoms. The average molecular weight is 896 g/mol. The largest absolute Gasteiger partial charge is 0.509 e. The van der Waals surface area contributed by atoms with E-state index in [4.69, 9.17) is 13.8 Å². The summed E-state index contributed by atoms with van der Waals surface area (Å²) in [6.07, 6.45) is 1.87. The fourth-order valence-electron chi connectivity index (χ4n) is 8.94. The van der Waals surface area contributed by atoms with Gasteiger partial charge in [0.15, 0.2) is 0 Å². The van der Waals surface area contributed by atoms with Gasteiger partial charge in [0.2, 0.25) is 0 Å². The molecular weight excluding hydrogens is 856 g/mol. The zero-order valence-corrected chi connectivity index (χ0v) is 32.7. The summed E-state index contributed by atoms with van der Waals surface area (Å²) in [5.74, 6) is 1.92. The van der Waals surface area contributed by atoms with Crippen LogP contribution < -0.4 is 14.5 Å². The van der Waals surface area contributed by atoms with E-state index in [9.17, 15) is 0 Å². The smallest absolute Gasteiger partial charge is 0.135 e. The fraction of sp³-hybridized carbons (Fsp3) is 0.143. The van der Waals surface area contributed by atoms with Gasteiger partial charge in [0, 0.05) is 71.6 Å². The van der Waals surface area contributed by atoms with E-state index < -0.39 is 6.98 Å². The molecule has 2 bridgehead atoms. The van der Waals surface area contributed by atoms with Gasteiger partial charge in [-0.1, -0.05) is 93.0 Å². The summed E-state index contributed by atoms with van der Waals surface area (Å²) in [6, 6.07) is 50.9. The molecule has 0 radical (unpaired) electrons. The van der Waals surface area contributed by atoms with Crippen molar-refractivity contribution in [1.29, 1.82) is 0 Å². The van der Waals surface area contributed by atoms with Gasteiger partial charge in [0.1, 0.15) is 5.82 Å². The van der Waals surface area contributed by atoms with E-state index in [1.54, 1.807) is 6.67 Å². The van der Waals surface area contributed by atoms with Crippen LogP contribution in [0, 0.1) is 18.8 Å². The molecule has 0 saturated heterocycles. The maximum absolute atomic E-state index is 8.57. The second-order valence-corrected chi connectivity index (χ2v) is 15.5. The minimum absolute atomic E-state index is 0. The summed E-state index contributed by atoms with van der Waals surface area (Å²) in [4.78, 5) is 8.15. The molecule has 3 aliphatic carbocycles. The predicted octanol–water partition coefficient (Wildman–Crippen LogP) is 11.6. The van der Waals surface area contributed by atoms with E-state index in [1.807, 2.05) is 41.4 Å². The van der Waals surface area contributed by atoms with Gasteiger partial charge in [0.25, 0.3) is 0 Å². The van der Waals surface area contributed by atoms with Crippen molar-refractivity contribution in [3.63, 3.8) is 0 Å². The number of hydrogen-bond donors (Lipinski definition) is 0. The molecule has 0 saturated carbocycles. The van der Waals surface area contributed by atoms with Gasteiger partial charge >= 0.3 is 0 Å².